The molecule has 1 aliphatic rings. The van der Waals surface area contributed by atoms with Crippen LogP contribution < -0.4 is 0 Å². The summed E-state index contributed by atoms with van der Waals surface area (Å²) in [6, 6.07) is 18.0. The van der Waals surface area contributed by atoms with Crippen LogP contribution in [0.25, 0.3) is 0 Å². The minimum atomic E-state index is -1.03. The number of imide groups is 1. The van der Waals surface area contributed by atoms with Crippen molar-refractivity contribution in [2.75, 3.05) is 6.54 Å². The Hall–Kier alpha value is -2.95. The minimum Gasteiger partial charge on any atom is -0.448 e. The van der Waals surface area contributed by atoms with Crippen LogP contribution in [0.4, 0.5) is 0 Å². The zero-order valence-corrected chi connectivity index (χ0v) is 13.1. The van der Waals surface area contributed by atoms with Crippen LogP contribution in [0.1, 0.15) is 22.3 Å². The van der Waals surface area contributed by atoms with Crippen LogP contribution >= 0.6 is 0 Å². The highest BCUT2D eigenvalue weighted by atomic mass is 16.5. The van der Waals surface area contributed by atoms with E-state index in [1.165, 1.54) is 4.90 Å². The third-order valence-corrected chi connectivity index (χ3v) is 3.93. The standard InChI is InChI=1S/C19H17NO4/c21-17-13-16(24-19(23)15-9-5-2-6-10-15)18(22)20(17)12-11-14-7-3-1-4-8-14/h1-10,16H,11-13H2. The molecule has 0 bridgehead atoms. The van der Waals surface area contributed by atoms with Crippen LogP contribution in [0.3, 0.4) is 0 Å². The Kier molecular flexibility index (Phi) is 4.70. The molecule has 0 saturated carbocycles. The Bertz CT molecular complexity index is 742. The average molecular weight is 323 g/mol. The second-order valence-corrected chi connectivity index (χ2v) is 5.58. The molecule has 2 aromatic rings. The smallest absolute Gasteiger partial charge is 0.338 e. The largest absolute Gasteiger partial charge is 0.448 e. The number of rotatable bonds is 5. The first-order valence-corrected chi connectivity index (χ1v) is 7.79. The van der Waals surface area contributed by atoms with E-state index in [0.717, 1.165) is 5.56 Å². The van der Waals surface area contributed by atoms with E-state index >= 15 is 0 Å². The Morgan fingerprint density at radius 1 is 1.00 bits per heavy atom. The van der Waals surface area contributed by atoms with Gasteiger partial charge in [-0.05, 0) is 24.1 Å². The summed E-state index contributed by atoms with van der Waals surface area (Å²) in [4.78, 5) is 37.6. The van der Waals surface area contributed by atoms with Crippen molar-refractivity contribution in [3.8, 4) is 0 Å². The van der Waals surface area contributed by atoms with Gasteiger partial charge in [0.15, 0.2) is 6.10 Å². The highest BCUT2D eigenvalue weighted by Crippen LogP contribution is 2.18. The van der Waals surface area contributed by atoms with Crippen molar-refractivity contribution < 1.29 is 19.1 Å². The summed E-state index contributed by atoms with van der Waals surface area (Å²) >= 11 is 0. The maximum Gasteiger partial charge on any atom is 0.338 e. The monoisotopic (exact) mass is 323 g/mol. The molecule has 5 heteroatoms. The second-order valence-electron chi connectivity index (χ2n) is 5.58. The van der Waals surface area contributed by atoms with Gasteiger partial charge in [0.1, 0.15) is 0 Å². The maximum absolute atomic E-state index is 12.3. The highest BCUT2D eigenvalue weighted by Gasteiger charge is 2.40. The Morgan fingerprint density at radius 2 is 1.62 bits per heavy atom. The zero-order chi connectivity index (χ0) is 16.9. The molecule has 122 valence electrons. The topological polar surface area (TPSA) is 63.7 Å². The number of hydrogen-bond acceptors (Lipinski definition) is 4. The lowest BCUT2D eigenvalue weighted by molar-refractivity contribution is -0.140. The summed E-state index contributed by atoms with van der Waals surface area (Å²) < 4.78 is 5.21. The zero-order valence-electron chi connectivity index (χ0n) is 13.1. The molecule has 0 radical (unpaired) electrons. The maximum atomic E-state index is 12.3. The first-order chi connectivity index (χ1) is 11.6. The molecule has 1 heterocycles. The lowest BCUT2D eigenvalue weighted by Crippen LogP contribution is -2.35. The number of carbonyl (C=O) groups is 3. The molecule has 0 N–H and O–H groups in total. The summed E-state index contributed by atoms with van der Waals surface area (Å²) in [5, 5.41) is 0. The first-order valence-electron chi connectivity index (χ1n) is 7.79. The molecule has 0 aliphatic carbocycles. The van der Waals surface area contributed by atoms with Crippen LogP contribution in [0, 0.1) is 0 Å². The van der Waals surface area contributed by atoms with Crippen molar-refractivity contribution >= 4 is 17.8 Å². The minimum absolute atomic E-state index is 0.0911. The summed E-state index contributed by atoms with van der Waals surface area (Å²) in [7, 11) is 0. The summed E-state index contributed by atoms with van der Waals surface area (Å²) in [5.41, 5.74) is 1.41. The van der Waals surface area contributed by atoms with Gasteiger partial charge in [0.25, 0.3) is 5.91 Å². The van der Waals surface area contributed by atoms with Gasteiger partial charge in [0.2, 0.25) is 5.91 Å². The van der Waals surface area contributed by atoms with Crippen molar-refractivity contribution in [1.29, 1.82) is 0 Å². The van der Waals surface area contributed by atoms with E-state index in [9.17, 15) is 14.4 Å². The molecule has 2 amide bonds. The van der Waals surface area contributed by atoms with Crippen molar-refractivity contribution in [3.05, 3.63) is 71.8 Å². The quantitative estimate of drug-likeness (QED) is 0.625. The molecule has 0 aromatic heterocycles. The average Bonchev–Trinajstić information content (AvgIpc) is 2.88. The predicted molar refractivity (Wildman–Crippen MR) is 87.1 cm³/mol. The van der Waals surface area contributed by atoms with Gasteiger partial charge in [-0.3, -0.25) is 14.5 Å². The van der Waals surface area contributed by atoms with Crippen LogP contribution in [-0.2, 0) is 20.7 Å². The normalized spacial score (nSPS) is 17.2. The van der Waals surface area contributed by atoms with Gasteiger partial charge >= 0.3 is 5.97 Å². The summed E-state index contributed by atoms with van der Waals surface area (Å²) in [6.45, 7) is 0.293. The van der Waals surface area contributed by atoms with E-state index in [2.05, 4.69) is 0 Å². The van der Waals surface area contributed by atoms with Crippen LogP contribution in [0.5, 0.6) is 0 Å². The van der Waals surface area contributed by atoms with Crippen LogP contribution in [0.2, 0.25) is 0 Å². The van der Waals surface area contributed by atoms with E-state index in [4.69, 9.17) is 4.74 Å². The van der Waals surface area contributed by atoms with Gasteiger partial charge < -0.3 is 4.74 Å². The number of nitrogens with zero attached hydrogens (tertiary/aromatic N) is 1. The van der Waals surface area contributed by atoms with Crippen molar-refractivity contribution in [3.63, 3.8) is 0 Å². The van der Waals surface area contributed by atoms with Crippen molar-refractivity contribution in [1.82, 2.24) is 4.90 Å². The molecule has 1 aliphatic heterocycles. The van der Waals surface area contributed by atoms with Crippen molar-refractivity contribution in [2.45, 2.75) is 18.9 Å². The van der Waals surface area contributed by atoms with Crippen LogP contribution in [0.15, 0.2) is 60.7 Å². The molecule has 24 heavy (non-hydrogen) atoms. The van der Waals surface area contributed by atoms with E-state index in [0.29, 0.717) is 18.5 Å². The van der Waals surface area contributed by atoms with Gasteiger partial charge in [0.05, 0.1) is 12.0 Å². The number of amides is 2. The molecule has 1 saturated heterocycles. The predicted octanol–water partition coefficient (Wildman–Crippen LogP) is 2.21. The van der Waals surface area contributed by atoms with Gasteiger partial charge in [-0.15, -0.1) is 0 Å². The second kappa shape index (κ2) is 7.08. The van der Waals surface area contributed by atoms with E-state index < -0.39 is 18.0 Å². The summed E-state index contributed by atoms with van der Waals surface area (Å²) in [6.07, 6.45) is -0.537. The molecule has 2 aromatic carbocycles. The third-order valence-electron chi connectivity index (χ3n) is 3.93. The van der Waals surface area contributed by atoms with Gasteiger partial charge in [-0.2, -0.15) is 0 Å². The molecule has 0 spiro atoms. The first kappa shape index (κ1) is 15.9. The number of benzene rings is 2. The molecule has 1 fully saturated rings. The Morgan fingerprint density at radius 3 is 2.29 bits per heavy atom. The summed E-state index contributed by atoms with van der Waals surface area (Å²) in [5.74, 6) is -1.34. The van der Waals surface area contributed by atoms with Crippen LogP contribution in [-0.4, -0.2) is 35.3 Å². The lowest BCUT2D eigenvalue weighted by atomic mass is 10.1. The molecule has 5 nitrogen and oxygen atoms in total. The lowest BCUT2D eigenvalue weighted by Gasteiger charge is -2.15. The number of likely N-dealkylation sites (tertiary alicyclic amines) is 1. The van der Waals surface area contributed by atoms with Gasteiger partial charge in [-0.1, -0.05) is 48.5 Å². The fraction of sp³-hybridized carbons (Fsp3) is 0.211. The fourth-order valence-corrected chi connectivity index (χ4v) is 2.64. The number of hydrogen-bond donors (Lipinski definition) is 0. The Labute approximate surface area is 139 Å². The Balaban J connectivity index is 1.60. The fourth-order valence-electron chi connectivity index (χ4n) is 2.64. The molecule has 1 unspecified atom stereocenters. The van der Waals surface area contributed by atoms with Crippen molar-refractivity contribution in [2.24, 2.45) is 0 Å². The molecular formula is C19H17NO4. The van der Waals surface area contributed by atoms with Gasteiger partial charge in [0, 0.05) is 6.54 Å². The number of ether oxygens (including phenoxy) is 1. The third kappa shape index (κ3) is 3.51. The number of carbonyl (C=O) groups excluding carboxylic acids is 3. The van der Waals surface area contributed by atoms with Gasteiger partial charge in [-0.25, -0.2) is 4.79 Å². The number of esters is 1. The molecule has 1 atom stereocenters. The SMILES string of the molecule is O=C(OC1CC(=O)N(CCc2ccccc2)C1=O)c1ccccc1. The van der Waals surface area contributed by atoms with E-state index in [-0.39, 0.29) is 12.3 Å². The van der Waals surface area contributed by atoms with E-state index in [1.807, 2.05) is 30.3 Å². The highest BCUT2D eigenvalue weighted by molar-refractivity contribution is 6.06. The van der Waals surface area contributed by atoms with E-state index in [1.54, 1.807) is 30.3 Å². The molecular weight excluding hydrogens is 306 g/mol. The molecule has 3 rings (SSSR count).